The van der Waals surface area contributed by atoms with Crippen molar-refractivity contribution < 1.29 is 18.0 Å². The Hall–Kier alpha value is -1.79. The molecule has 1 fully saturated rings. The molecule has 1 N–H and O–H groups in total. The van der Waals surface area contributed by atoms with Crippen LogP contribution in [0.25, 0.3) is 0 Å². The van der Waals surface area contributed by atoms with Crippen molar-refractivity contribution in [2.45, 2.75) is 38.9 Å². The second-order valence-electron chi connectivity index (χ2n) is 5.85. The van der Waals surface area contributed by atoms with Gasteiger partial charge in [-0.2, -0.15) is 13.2 Å². The van der Waals surface area contributed by atoms with Gasteiger partial charge in [-0.1, -0.05) is 13.8 Å². The summed E-state index contributed by atoms with van der Waals surface area (Å²) in [5.41, 5.74) is -0.703. The molecule has 1 aromatic rings. The fourth-order valence-electron chi connectivity index (χ4n) is 2.44. The molecule has 0 saturated carbocycles. The maximum atomic E-state index is 12.8. The van der Waals surface area contributed by atoms with Crippen molar-refractivity contribution in [1.29, 1.82) is 0 Å². The number of anilines is 1. The lowest BCUT2D eigenvalue weighted by atomic mass is 10.0. The van der Waals surface area contributed by atoms with E-state index in [-0.39, 0.29) is 17.9 Å². The van der Waals surface area contributed by atoms with Crippen LogP contribution in [0.4, 0.5) is 19.0 Å². The second-order valence-corrected chi connectivity index (χ2v) is 5.85. The highest BCUT2D eigenvalue weighted by Crippen LogP contribution is 2.31. The van der Waals surface area contributed by atoms with Crippen molar-refractivity contribution in [3.63, 3.8) is 0 Å². The van der Waals surface area contributed by atoms with Crippen LogP contribution in [-0.4, -0.2) is 30.0 Å². The van der Waals surface area contributed by atoms with Gasteiger partial charge in [-0.05, 0) is 25.0 Å². The summed E-state index contributed by atoms with van der Waals surface area (Å²) in [5, 5.41) is 2.93. The van der Waals surface area contributed by atoms with E-state index in [0.29, 0.717) is 18.9 Å². The molecule has 1 aliphatic rings. The van der Waals surface area contributed by atoms with Gasteiger partial charge in [-0.25, -0.2) is 4.98 Å². The monoisotopic (exact) mass is 315 g/mol. The molecule has 1 saturated heterocycles. The van der Waals surface area contributed by atoms with E-state index >= 15 is 0 Å². The average molecular weight is 315 g/mol. The topological polar surface area (TPSA) is 45.2 Å². The number of nitrogens with one attached hydrogen (secondary N) is 1. The molecule has 0 radical (unpaired) electrons. The number of alkyl halides is 3. The Bertz CT molecular complexity index is 531. The quantitative estimate of drug-likeness (QED) is 0.933. The molecule has 7 heteroatoms. The van der Waals surface area contributed by atoms with E-state index in [1.165, 1.54) is 6.20 Å². The minimum absolute atomic E-state index is 0.0381. The number of carbonyl (C=O) groups excluding carboxylic acids is 1. The van der Waals surface area contributed by atoms with E-state index in [0.717, 1.165) is 25.0 Å². The Morgan fingerprint density at radius 3 is 2.82 bits per heavy atom. The van der Waals surface area contributed by atoms with Crippen molar-refractivity contribution in [3.8, 4) is 0 Å². The van der Waals surface area contributed by atoms with Crippen molar-refractivity contribution in [2.75, 3.05) is 18.0 Å². The van der Waals surface area contributed by atoms with E-state index < -0.39 is 11.7 Å². The second kappa shape index (κ2) is 6.54. The minimum atomic E-state index is -4.38. The van der Waals surface area contributed by atoms with Crippen LogP contribution < -0.4 is 10.2 Å². The molecule has 2 heterocycles. The highest BCUT2D eigenvalue weighted by molar-refractivity contribution is 5.78. The summed E-state index contributed by atoms with van der Waals surface area (Å²) in [5.74, 6) is 0.157. The normalized spacial score (nSPS) is 19.4. The van der Waals surface area contributed by atoms with Gasteiger partial charge in [0.15, 0.2) is 0 Å². The number of hydrogen-bond acceptors (Lipinski definition) is 3. The van der Waals surface area contributed by atoms with E-state index in [1.54, 1.807) is 4.90 Å². The first-order valence-corrected chi connectivity index (χ1v) is 7.36. The standard InChI is InChI=1S/C15H20F3N3O/c1-10(2)14(22)20-12-4-3-7-21(9-12)13-8-11(5-6-19-13)15(16,17)18/h5-6,8,10,12H,3-4,7,9H2,1-2H3,(H,20,22)/t12-/m1/s1. The van der Waals surface area contributed by atoms with E-state index in [2.05, 4.69) is 10.3 Å². The number of carbonyl (C=O) groups is 1. The highest BCUT2D eigenvalue weighted by atomic mass is 19.4. The number of halogens is 3. The first kappa shape index (κ1) is 16.6. The summed E-state index contributed by atoms with van der Waals surface area (Å²) in [6, 6.07) is 1.97. The smallest absolute Gasteiger partial charge is 0.355 e. The summed E-state index contributed by atoms with van der Waals surface area (Å²) in [6.07, 6.45) is -1.57. The largest absolute Gasteiger partial charge is 0.416 e. The summed E-state index contributed by atoms with van der Waals surface area (Å²) < 4.78 is 38.3. The molecule has 0 aliphatic carbocycles. The molecule has 0 bridgehead atoms. The van der Waals surface area contributed by atoms with Crippen molar-refractivity contribution in [2.24, 2.45) is 5.92 Å². The Balaban J connectivity index is 2.08. The van der Waals surface area contributed by atoms with Crippen LogP contribution in [0.5, 0.6) is 0 Å². The van der Waals surface area contributed by atoms with Gasteiger partial charge in [-0.3, -0.25) is 4.79 Å². The maximum Gasteiger partial charge on any atom is 0.416 e. The Labute approximate surface area is 127 Å². The summed E-state index contributed by atoms with van der Waals surface area (Å²) >= 11 is 0. The SMILES string of the molecule is CC(C)C(=O)N[C@@H]1CCCN(c2cc(C(F)(F)F)ccn2)C1. The lowest BCUT2D eigenvalue weighted by Crippen LogP contribution is -2.49. The lowest BCUT2D eigenvalue weighted by molar-refractivity contribution is -0.137. The number of pyridine rings is 1. The minimum Gasteiger partial charge on any atom is -0.355 e. The summed E-state index contributed by atoms with van der Waals surface area (Å²) in [6.45, 7) is 4.74. The Morgan fingerprint density at radius 1 is 1.45 bits per heavy atom. The van der Waals surface area contributed by atoms with Crippen LogP contribution >= 0.6 is 0 Å². The zero-order valence-corrected chi connectivity index (χ0v) is 12.7. The summed E-state index contributed by atoms with van der Waals surface area (Å²) in [4.78, 5) is 17.6. The van der Waals surface area contributed by atoms with Gasteiger partial charge in [-0.15, -0.1) is 0 Å². The first-order valence-electron chi connectivity index (χ1n) is 7.36. The number of hydrogen-bond donors (Lipinski definition) is 1. The number of rotatable bonds is 3. The Kier molecular flexibility index (Phi) is 4.93. The molecule has 1 aliphatic heterocycles. The predicted octanol–water partition coefficient (Wildman–Crippen LogP) is 2.84. The van der Waals surface area contributed by atoms with Crippen LogP contribution in [0, 0.1) is 5.92 Å². The van der Waals surface area contributed by atoms with Crippen molar-refractivity contribution in [3.05, 3.63) is 23.9 Å². The van der Waals surface area contributed by atoms with E-state index in [9.17, 15) is 18.0 Å². The molecule has 4 nitrogen and oxygen atoms in total. The molecule has 1 aromatic heterocycles. The third-order valence-electron chi connectivity index (χ3n) is 3.69. The molecule has 1 atom stereocenters. The van der Waals surface area contributed by atoms with Gasteiger partial charge >= 0.3 is 6.18 Å². The van der Waals surface area contributed by atoms with Crippen molar-refractivity contribution in [1.82, 2.24) is 10.3 Å². The highest BCUT2D eigenvalue weighted by Gasteiger charge is 2.32. The van der Waals surface area contributed by atoms with E-state index in [1.807, 2.05) is 13.8 Å². The maximum absolute atomic E-state index is 12.8. The zero-order chi connectivity index (χ0) is 16.3. The van der Waals surface area contributed by atoms with Crippen molar-refractivity contribution >= 4 is 11.7 Å². The molecular weight excluding hydrogens is 295 g/mol. The fourth-order valence-corrected chi connectivity index (χ4v) is 2.44. The van der Waals surface area contributed by atoms with Crippen LogP contribution in [0.15, 0.2) is 18.3 Å². The van der Waals surface area contributed by atoms with Gasteiger partial charge < -0.3 is 10.2 Å². The predicted molar refractivity (Wildman–Crippen MR) is 77.5 cm³/mol. The number of piperidine rings is 1. The zero-order valence-electron chi connectivity index (χ0n) is 12.7. The number of amides is 1. The lowest BCUT2D eigenvalue weighted by Gasteiger charge is -2.34. The summed E-state index contributed by atoms with van der Waals surface area (Å²) in [7, 11) is 0. The molecule has 2 rings (SSSR count). The Morgan fingerprint density at radius 2 is 2.18 bits per heavy atom. The molecule has 0 aromatic carbocycles. The number of aromatic nitrogens is 1. The van der Waals surface area contributed by atoms with Gasteiger partial charge in [0.05, 0.1) is 5.56 Å². The van der Waals surface area contributed by atoms with Crippen LogP contribution in [0.3, 0.4) is 0 Å². The third kappa shape index (κ3) is 4.11. The first-order chi connectivity index (χ1) is 10.3. The molecule has 0 spiro atoms. The van der Waals surface area contributed by atoms with Crippen LogP contribution in [0.1, 0.15) is 32.3 Å². The molecular formula is C15H20F3N3O. The molecule has 1 amide bonds. The third-order valence-corrected chi connectivity index (χ3v) is 3.69. The molecule has 0 unspecified atom stereocenters. The molecule has 22 heavy (non-hydrogen) atoms. The van der Waals surface area contributed by atoms with Gasteiger partial charge in [0.25, 0.3) is 0 Å². The van der Waals surface area contributed by atoms with Gasteiger partial charge in [0, 0.05) is 31.2 Å². The van der Waals surface area contributed by atoms with Crippen LogP contribution in [-0.2, 0) is 11.0 Å². The average Bonchev–Trinajstić information content (AvgIpc) is 2.46. The van der Waals surface area contributed by atoms with Gasteiger partial charge in [0.1, 0.15) is 5.82 Å². The fraction of sp³-hybridized carbons (Fsp3) is 0.600. The number of nitrogens with zero attached hydrogens (tertiary/aromatic N) is 2. The van der Waals surface area contributed by atoms with E-state index in [4.69, 9.17) is 0 Å². The molecule has 122 valence electrons. The van der Waals surface area contributed by atoms with Crippen LogP contribution in [0.2, 0.25) is 0 Å². The van der Waals surface area contributed by atoms with Gasteiger partial charge in [0.2, 0.25) is 5.91 Å².